The van der Waals surface area contributed by atoms with Gasteiger partial charge in [0.05, 0.1) is 4.90 Å². The van der Waals surface area contributed by atoms with E-state index in [4.69, 9.17) is 11.6 Å². The molecule has 0 aliphatic rings. The Morgan fingerprint density at radius 2 is 1.84 bits per heavy atom. The highest BCUT2D eigenvalue weighted by Crippen LogP contribution is 2.17. The summed E-state index contributed by atoms with van der Waals surface area (Å²) >= 11 is 6.10. The number of nitrogens with one attached hydrogen (secondary N) is 1. The summed E-state index contributed by atoms with van der Waals surface area (Å²) < 4.78 is 25.4. The number of nitrogens with zero attached hydrogens (tertiary/aromatic N) is 1. The van der Waals surface area contributed by atoms with E-state index in [-0.39, 0.29) is 10.8 Å². The minimum Gasteiger partial charge on any atom is -0.352 e. The summed E-state index contributed by atoms with van der Waals surface area (Å²) in [7, 11) is -0.650. The SMILES string of the molecule is CN(C)S(=O)(=O)c1cccc(C(=O)NCCCc2ccccc2Cl)c1. The molecular weight excluding hydrogens is 360 g/mol. The molecule has 0 saturated carbocycles. The molecule has 1 N–H and O–H groups in total. The van der Waals surface area contributed by atoms with Crippen LogP contribution in [0.3, 0.4) is 0 Å². The first kappa shape index (κ1) is 19.4. The zero-order valence-electron chi connectivity index (χ0n) is 14.2. The maximum atomic E-state index is 12.2. The Kier molecular flexibility index (Phi) is 6.58. The number of halogens is 1. The normalized spacial score (nSPS) is 11.5. The molecule has 0 atom stereocenters. The summed E-state index contributed by atoms with van der Waals surface area (Å²) in [6, 6.07) is 13.6. The Morgan fingerprint density at radius 1 is 1.12 bits per heavy atom. The Labute approximate surface area is 153 Å². The molecule has 0 fully saturated rings. The number of carbonyl (C=O) groups excluding carboxylic acids is 1. The molecule has 25 heavy (non-hydrogen) atoms. The lowest BCUT2D eigenvalue weighted by Crippen LogP contribution is -2.26. The van der Waals surface area contributed by atoms with Crippen LogP contribution < -0.4 is 5.32 Å². The number of rotatable bonds is 7. The van der Waals surface area contributed by atoms with Gasteiger partial charge in [-0.15, -0.1) is 0 Å². The number of sulfonamides is 1. The van der Waals surface area contributed by atoms with E-state index in [1.807, 2.05) is 24.3 Å². The van der Waals surface area contributed by atoms with Crippen molar-refractivity contribution in [2.75, 3.05) is 20.6 Å². The Morgan fingerprint density at radius 3 is 2.52 bits per heavy atom. The molecule has 1 amide bonds. The molecule has 0 aromatic heterocycles. The highest BCUT2D eigenvalue weighted by atomic mass is 35.5. The lowest BCUT2D eigenvalue weighted by atomic mass is 10.1. The van der Waals surface area contributed by atoms with Crippen LogP contribution in [0.4, 0.5) is 0 Å². The second kappa shape index (κ2) is 8.47. The van der Waals surface area contributed by atoms with Crippen LogP contribution >= 0.6 is 11.6 Å². The lowest BCUT2D eigenvalue weighted by molar-refractivity contribution is 0.0953. The van der Waals surface area contributed by atoms with Crippen LogP contribution in [0.1, 0.15) is 22.3 Å². The predicted molar refractivity (Wildman–Crippen MR) is 99.4 cm³/mol. The monoisotopic (exact) mass is 380 g/mol. The van der Waals surface area contributed by atoms with Crippen LogP contribution in [-0.2, 0) is 16.4 Å². The van der Waals surface area contributed by atoms with Gasteiger partial charge in [0.1, 0.15) is 0 Å². The summed E-state index contributed by atoms with van der Waals surface area (Å²) in [5, 5.41) is 3.52. The Balaban J connectivity index is 1.94. The zero-order valence-corrected chi connectivity index (χ0v) is 15.8. The number of carbonyl (C=O) groups is 1. The van der Waals surface area contributed by atoms with Gasteiger partial charge in [-0.3, -0.25) is 4.79 Å². The molecule has 0 spiro atoms. The fourth-order valence-electron chi connectivity index (χ4n) is 2.29. The fourth-order valence-corrected chi connectivity index (χ4v) is 3.47. The predicted octanol–water partition coefficient (Wildman–Crippen LogP) is 2.95. The average Bonchev–Trinajstić information content (AvgIpc) is 2.60. The number of hydrogen-bond acceptors (Lipinski definition) is 3. The highest BCUT2D eigenvalue weighted by molar-refractivity contribution is 7.89. The van der Waals surface area contributed by atoms with Gasteiger partial charge in [0, 0.05) is 31.2 Å². The van der Waals surface area contributed by atoms with Crippen molar-refractivity contribution in [1.82, 2.24) is 9.62 Å². The number of aryl methyl sites for hydroxylation is 1. The third kappa shape index (κ3) is 5.04. The molecule has 0 unspecified atom stereocenters. The minimum atomic E-state index is -3.56. The van der Waals surface area contributed by atoms with Crippen molar-refractivity contribution in [2.24, 2.45) is 0 Å². The molecule has 0 radical (unpaired) electrons. The van der Waals surface area contributed by atoms with Crippen molar-refractivity contribution in [3.8, 4) is 0 Å². The van der Waals surface area contributed by atoms with Gasteiger partial charge >= 0.3 is 0 Å². The summed E-state index contributed by atoms with van der Waals surface area (Å²) in [5.74, 6) is -0.296. The van der Waals surface area contributed by atoms with Gasteiger partial charge in [0.25, 0.3) is 5.91 Å². The first-order valence-electron chi connectivity index (χ1n) is 7.86. The summed E-state index contributed by atoms with van der Waals surface area (Å²) in [4.78, 5) is 12.3. The molecule has 7 heteroatoms. The van der Waals surface area contributed by atoms with Crippen LogP contribution in [0.15, 0.2) is 53.4 Å². The topological polar surface area (TPSA) is 66.5 Å². The lowest BCUT2D eigenvalue weighted by Gasteiger charge is -2.12. The molecule has 2 rings (SSSR count). The van der Waals surface area contributed by atoms with Gasteiger partial charge in [-0.05, 0) is 42.7 Å². The van der Waals surface area contributed by atoms with Crippen molar-refractivity contribution >= 4 is 27.5 Å². The van der Waals surface area contributed by atoms with E-state index in [0.29, 0.717) is 12.1 Å². The molecule has 0 aliphatic carbocycles. The van der Waals surface area contributed by atoms with E-state index in [9.17, 15) is 13.2 Å². The van der Waals surface area contributed by atoms with E-state index in [1.54, 1.807) is 12.1 Å². The Bertz CT molecular complexity index is 851. The van der Waals surface area contributed by atoms with Gasteiger partial charge in [0.2, 0.25) is 10.0 Å². The zero-order chi connectivity index (χ0) is 18.4. The standard InChI is InChI=1S/C18H21ClN2O3S/c1-21(2)25(23,24)16-10-5-8-15(13-16)18(22)20-12-6-9-14-7-3-4-11-17(14)19/h3-5,7-8,10-11,13H,6,9,12H2,1-2H3,(H,20,22). The molecule has 2 aromatic rings. The van der Waals surface area contributed by atoms with Crippen LogP contribution in [0, 0.1) is 0 Å². The second-order valence-electron chi connectivity index (χ2n) is 5.77. The molecule has 134 valence electrons. The first-order valence-corrected chi connectivity index (χ1v) is 9.68. The fraction of sp³-hybridized carbons (Fsp3) is 0.278. The van der Waals surface area contributed by atoms with Gasteiger partial charge in [-0.2, -0.15) is 0 Å². The third-order valence-electron chi connectivity index (χ3n) is 3.74. The molecule has 0 heterocycles. The summed E-state index contributed by atoms with van der Waals surface area (Å²) in [5.41, 5.74) is 1.36. The van der Waals surface area contributed by atoms with Crippen molar-refractivity contribution in [1.29, 1.82) is 0 Å². The molecule has 0 saturated heterocycles. The van der Waals surface area contributed by atoms with E-state index in [1.165, 1.54) is 26.2 Å². The third-order valence-corrected chi connectivity index (χ3v) is 5.92. The summed E-state index contributed by atoms with van der Waals surface area (Å²) in [6.07, 6.45) is 1.50. The van der Waals surface area contributed by atoms with Crippen LogP contribution in [0.2, 0.25) is 5.02 Å². The number of hydrogen-bond donors (Lipinski definition) is 1. The van der Waals surface area contributed by atoms with Gasteiger partial charge in [-0.1, -0.05) is 35.9 Å². The molecule has 2 aromatic carbocycles. The number of amides is 1. The van der Waals surface area contributed by atoms with Gasteiger partial charge in [0.15, 0.2) is 0 Å². The Hall–Kier alpha value is -1.89. The largest absolute Gasteiger partial charge is 0.352 e. The van der Waals surface area contributed by atoms with Crippen molar-refractivity contribution in [3.05, 3.63) is 64.7 Å². The smallest absolute Gasteiger partial charge is 0.251 e. The number of benzene rings is 2. The van der Waals surface area contributed by atoms with Crippen LogP contribution in [-0.4, -0.2) is 39.3 Å². The van der Waals surface area contributed by atoms with E-state index < -0.39 is 10.0 Å². The van der Waals surface area contributed by atoms with E-state index >= 15 is 0 Å². The van der Waals surface area contributed by atoms with Crippen LogP contribution in [0.5, 0.6) is 0 Å². The highest BCUT2D eigenvalue weighted by Gasteiger charge is 2.18. The van der Waals surface area contributed by atoms with Crippen molar-refractivity contribution in [2.45, 2.75) is 17.7 Å². The van der Waals surface area contributed by atoms with Crippen molar-refractivity contribution in [3.63, 3.8) is 0 Å². The van der Waals surface area contributed by atoms with E-state index in [0.717, 1.165) is 27.7 Å². The maximum Gasteiger partial charge on any atom is 0.251 e. The van der Waals surface area contributed by atoms with Gasteiger partial charge in [-0.25, -0.2) is 12.7 Å². The average molecular weight is 381 g/mol. The van der Waals surface area contributed by atoms with E-state index in [2.05, 4.69) is 5.32 Å². The van der Waals surface area contributed by atoms with Gasteiger partial charge < -0.3 is 5.32 Å². The van der Waals surface area contributed by atoms with Crippen LogP contribution in [0.25, 0.3) is 0 Å². The summed E-state index contributed by atoms with van der Waals surface area (Å²) in [6.45, 7) is 0.481. The molecule has 0 bridgehead atoms. The quantitative estimate of drug-likeness (QED) is 0.751. The maximum absolute atomic E-state index is 12.2. The second-order valence-corrected chi connectivity index (χ2v) is 8.33. The molecule has 5 nitrogen and oxygen atoms in total. The molecular formula is C18H21ClN2O3S. The first-order chi connectivity index (χ1) is 11.8. The molecule has 0 aliphatic heterocycles. The van der Waals surface area contributed by atoms with Crippen molar-refractivity contribution < 1.29 is 13.2 Å². The minimum absolute atomic E-state index is 0.0983.